The van der Waals surface area contributed by atoms with E-state index >= 15 is 0 Å². The van der Waals surface area contributed by atoms with E-state index in [1.807, 2.05) is 6.92 Å². The van der Waals surface area contributed by atoms with Gasteiger partial charge in [0.15, 0.2) is 6.61 Å². The molecule has 1 amide bonds. The van der Waals surface area contributed by atoms with Gasteiger partial charge in [-0.2, -0.15) is 0 Å². The van der Waals surface area contributed by atoms with Crippen LogP contribution in [-0.2, 0) is 9.53 Å². The summed E-state index contributed by atoms with van der Waals surface area (Å²) < 4.78 is 10.4. The van der Waals surface area contributed by atoms with Crippen LogP contribution in [0.15, 0.2) is 18.3 Å². The van der Waals surface area contributed by atoms with Crippen LogP contribution in [0.4, 0.5) is 0 Å². The molecule has 0 radical (unpaired) electrons. The van der Waals surface area contributed by atoms with Crippen molar-refractivity contribution >= 4 is 11.9 Å². The fourth-order valence-electron chi connectivity index (χ4n) is 2.79. The summed E-state index contributed by atoms with van der Waals surface area (Å²) in [6, 6.07) is 3.37. The molecule has 1 aromatic rings. The fraction of sp³-hybridized carbons (Fsp3) is 0.588. The molecule has 1 N–H and O–H groups in total. The van der Waals surface area contributed by atoms with E-state index < -0.39 is 5.97 Å². The van der Waals surface area contributed by atoms with Gasteiger partial charge in [-0.3, -0.25) is 4.79 Å². The number of nitrogens with zero attached hydrogens (tertiary/aromatic N) is 1. The number of amides is 1. The number of hydrogen-bond donors (Lipinski definition) is 1. The summed E-state index contributed by atoms with van der Waals surface area (Å²) in [5, 5.41) is 2.95. The quantitative estimate of drug-likeness (QED) is 0.814. The molecule has 1 aliphatic rings. The van der Waals surface area contributed by atoms with Crippen molar-refractivity contribution in [2.75, 3.05) is 13.2 Å². The number of carbonyl (C=O) groups is 2. The predicted octanol–water partition coefficient (Wildman–Crippen LogP) is 2.33. The maximum absolute atomic E-state index is 12.1. The van der Waals surface area contributed by atoms with Crippen molar-refractivity contribution in [2.24, 2.45) is 5.92 Å². The molecule has 0 saturated heterocycles. The summed E-state index contributed by atoms with van der Waals surface area (Å²) in [5.74, 6) is -0.181. The Labute approximate surface area is 136 Å². The van der Waals surface area contributed by atoms with Crippen molar-refractivity contribution < 1.29 is 19.1 Å². The first kappa shape index (κ1) is 17.2. The van der Waals surface area contributed by atoms with E-state index in [0.29, 0.717) is 12.5 Å². The van der Waals surface area contributed by atoms with Gasteiger partial charge in [0.05, 0.1) is 6.61 Å². The smallest absolute Gasteiger partial charge is 0.344 e. The van der Waals surface area contributed by atoms with Gasteiger partial charge in [0.25, 0.3) is 5.91 Å². The van der Waals surface area contributed by atoms with E-state index in [2.05, 4.69) is 17.2 Å². The van der Waals surface area contributed by atoms with E-state index in [-0.39, 0.29) is 30.0 Å². The number of ether oxygens (including phenoxy) is 2. The minimum absolute atomic E-state index is 0.173. The topological polar surface area (TPSA) is 77.5 Å². The molecule has 6 nitrogen and oxygen atoms in total. The summed E-state index contributed by atoms with van der Waals surface area (Å²) in [5.41, 5.74) is 0.230. The molecule has 2 unspecified atom stereocenters. The summed E-state index contributed by atoms with van der Waals surface area (Å²) in [6.45, 7) is 4.06. The lowest BCUT2D eigenvalue weighted by atomic mass is 9.86. The van der Waals surface area contributed by atoms with Gasteiger partial charge in [0.1, 0.15) is 5.56 Å². The zero-order chi connectivity index (χ0) is 16.7. The third kappa shape index (κ3) is 4.94. The second-order valence-corrected chi connectivity index (χ2v) is 5.80. The van der Waals surface area contributed by atoms with Crippen molar-refractivity contribution in [1.29, 1.82) is 0 Å². The second-order valence-electron chi connectivity index (χ2n) is 5.80. The summed E-state index contributed by atoms with van der Waals surface area (Å²) in [4.78, 5) is 28.0. The second kappa shape index (κ2) is 8.50. The molecule has 0 aromatic carbocycles. The number of nitrogens with one attached hydrogen (secondary N) is 1. The third-order valence-corrected chi connectivity index (χ3v) is 4.06. The number of pyridine rings is 1. The zero-order valence-corrected chi connectivity index (χ0v) is 13.7. The van der Waals surface area contributed by atoms with Crippen molar-refractivity contribution in [2.45, 2.75) is 45.6 Å². The molecule has 2 atom stereocenters. The predicted molar refractivity (Wildman–Crippen MR) is 85.3 cm³/mol. The molecule has 1 saturated carbocycles. The number of hydrogen-bond acceptors (Lipinski definition) is 5. The summed E-state index contributed by atoms with van der Waals surface area (Å²) in [6.07, 6.45) is 5.99. The van der Waals surface area contributed by atoms with Crippen molar-refractivity contribution in [3.63, 3.8) is 0 Å². The third-order valence-electron chi connectivity index (χ3n) is 4.06. The molecule has 1 aliphatic carbocycles. The van der Waals surface area contributed by atoms with Gasteiger partial charge >= 0.3 is 5.97 Å². The molecular formula is C17H24N2O4. The van der Waals surface area contributed by atoms with E-state index in [1.165, 1.54) is 6.42 Å². The number of aromatic nitrogens is 1. The van der Waals surface area contributed by atoms with Crippen LogP contribution in [-0.4, -0.2) is 36.1 Å². The van der Waals surface area contributed by atoms with Crippen molar-refractivity contribution in [3.05, 3.63) is 23.9 Å². The monoisotopic (exact) mass is 320 g/mol. The van der Waals surface area contributed by atoms with Gasteiger partial charge in [-0.1, -0.05) is 19.8 Å². The van der Waals surface area contributed by atoms with Crippen LogP contribution >= 0.6 is 0 Å². The molecule has 1 heterocycles. The van der Waals surface area contributed by atoms with E-state index in [1.54, 1.807) is 18.3 Å². The highest BCUT2D eigenvalue weighted by Gasteiger charge is 2.23. The average Bonchev–Trinajstić information content (AvgIpc) is 2.55. The Morgan fingerprint density at radius 3 is 2.87 bits per heavy atom. The largest absolute Gasteiger partial charge is 0.477 e. The Morgan fingerprint density at radius 2 is 2.13 bits per heavy atom. The number of esters is 1. The maximum atomic E-state index is 12.1. The first-order valence-electron chi connectivity index (χ1n) is 8.16. The molecule has 0 bridgehead atoms. The summed E-state index contributed by atoms with van der Waals surface area (Å²) >= 11 is 0. The highest BCUT2D eigenvalue weighted by Crippen LogP contribution is 2.23. The van der Waals surface area contributed by atoms with Crippen LogP contribution in [0.1, 0.15) is 49.9 Å². The van der Waals surface area contributed by atoms with E-state index in [0.717, 1.165) is 19.3 Å². The van der Waals surface area contributed by atoms with Gasteiger partial charge in [-0.25, -0.2) is 9.78 Å². The van der Waals surface area contributed by atoms with E-state index in [9.17, 15) is 9.59 Å². The average molecular weight is 320 g/mol. The highest BCUT2D eigenvalue weighted by atomic mass is 16.5. The molecule has 0 aliphatic heterocycles. The summed E-state index contributed by atoms with van der Waals surface area (Å²) in [7, 11) is 0. The lowest BCUT2D eigenvalue weighted by molar-refractivity contribution is -0.125. The first-order valence-corrected chi connectivity index (χ1v) is 8.16. The molecule has 1 aromatic heterocycles. The highest BCUT2D eigenvalue weighted by molar-refractivity contribution is 5.93. The molecule has 6 heteroatoms. The molecule has 0 spiro atoms. The normalized spacial score (nSPS) is 20.6. The minimum Gasteiger partial charge on any atom is -0.477 e. The number of carbonyl (C=O) groups excluding carboxylic acids is 2. The van der Waals surface area contributed by atoms with E-state index in [4.69, 9.17) is 9.47 Å². The van der Waals surface area contributed by atoms with Crippen LogP contribution in [0.2, 0.25) is 0 Å². The lowest BCUT2D eigenvalue weighted by Gasteiger charge is -2.29. The van der Waals surface area contributed by atoms with Gasteiger partial charge in [0, 0.05) is 12.2 Å². The Morgan fingerprint density at radius 1 is 1.35 bits per heavy atom. The molecule has 126 valence electrons. The van der Waals surface area contributed by atoms with Crippen LogP contribution in [0.3, 0.4) is 0 Å². The maximum Gasteiger partial charge on any atom is 0.344 e. The SMILES string of the molecule is CCOc1ncccc1C(=O)OCC(=O)NC1CCCCC1C. The van der Waals surface area contributed by atoms with Gasteiger partial charge in [-0.15, -0.1) is 0 Å². The Kier molecular flexibility index (Phi) is 6.38. The van der Waals surface area contributed by atoms with Crippen molar-refractivity contribution in [3.8, 4) is 5.88 Å². The van der Waals surface area contributed by atoms with Gasteiger partial charge < -0.3 is 14.8 Å². The van der Waals surface area contributed by atoms with Gasteiger partial charge in [-0.05, 0) is 37.8 Å². The van der Waals surface area contributed by atoms with Crippen molar-refractivity contribution in [1.82, 2.24) is 10.3 Å². The van der Waals surface area contributed by atoms with Crippen LogP contribution in [0, 0.1) is 5.92 Å². The standard InChI is InChI=1S/C17H24N2O4/c1-3-22-16-13(8-6-10-18-16)17(21)23-11-15(20)19-14-9-5-4-7-12(14)2/h6,8,10,12,14H,3-5,7,9,11H2,1-2H3,(H,19,20). The minimum atomic E-state index is -0.603. The molecule has 1 fully saturated rings. The van der Waals surface area contributed by atoms with Gasteiger partial charge in [0.2, 0.25) is 5.88 Å². The lowest BCUT2D eigenvalue weighted by Crippen LogP contribution is -2.42. The molecule has 23 heavy (non-hydrogen) atoms. The Hall–Kier alpha value is -2.11. The van der Waals surface area contributed by atoms with Crippen LogP contribution < -0.4 is 10.1 Å². The molecular weight excluding hydrogens is 296 g/mol. The Bertz CT molecular complexity index is 547. The fourth-order valence-corrected chi connectivity index (χ4v) is 2.79. The first-order chi connectivity index (χ1) is 11.1. The Balaban J connectivity index is 1.85. The van der Waals surface area contributed by atoms with Crippen LogP contribution in [0.5, 0.6) is 5.88 Å². The van der Waals surface area contributed by atoms with Crippen LogP contribution in [0.25, 0.3) is 0 Å². The molecule has 2 rings (SSSR count). The zero-order valence-electron chi connectivity index (χ0n) is 13.7. The number of rotatable bonds is 6.